The number of carboxylic acids is 1. The van der Waals surface area contributed by atoms with Gasteiger partial charge >= 0.3 is 11.9 Å². The number of aromatic carboxylic acids is 1. The molecule has 8 nitrogen and oxygen atoms in total. The number of carbonyl (C=O) groups excluding carboxylic acids is 1. The molecular weight excluding hydrogens is 266 g/mol. The fourth-order valence-corrected chi connectivity index (χ4v) is 1.84. The summed E-state index contributed by atoms with van der Waals surface area (Å²) in [6.45, 7) is 3.48. The van der Waals surface area contributed by atoms with Gasteiger partial charge in [0.2, 0.25) is 0 Å². The number of carboxylic acid groups (broad SMARTS) is 1. The van der Waals surface area contributed by atoms with Gasteiger partial charge in [-0.1, -0.05) is 0 Å². The van der Waals surface area contributed by atoms with Gasteiger partial charge in [0, 0.05) is 11.8 Å². The summed E-state index contributed by atoms with van der Waals surface area (Å²) in [6.07, 6.45) is -0.199. The molecule has 2 heterocycles. The number of aryl methyl sites for hydroxylation is 1. The topological polar surface area (TPSA) is 114 Å². The maximum absolute atomic E-state index is 12.2. The number of aromatic amines is 1. The molecule has 0 fully saturated rings. The van der Waals surface area contributed by atoms with Gasteiger partial charge in [0.15, 0.2) is 5.65 Å². The van der Waals surface area contributed by atoms with Crippen LogP contribution in [-0.2, 0) is 16.0 Å². The Labute approximate surface area is 113 Å². The molecule has 8 heteroatoms. The molecule has 0 bridgehead atoms. The van der Waals surface area contributed by atoms with Crippen LogP contribution < -0.4 is 5.56 Å². The molecule has 0 aliphatic carbocycles. The molecule has 106 valence electrons. The lowest BCUT2D eigenvalue weighted by Gasteiger charge is -2.05. The minimum atomic E-state index is -1.19. The predicted octanol–water partition coefficient (Wildman–Crippen LogP) is 0.135. The van der Waals surface area contributed by atoms with Crippen molar-refractivity contribution in [1.82, 2.24) is 14.6 Å². The third kappa shape index (κ3) is 2.40. The Kier molecular flexibility index (Phi) is 3.55. The van der Waals surface area contributed by atoms with Crippen LogP contribution in [0.1, 0.15) is 28.7 Å². The standard InChI is InChI=1S/C12H13N3O5/c1-3-20-10(16)4-7-6(2)13-9-5-8(12(18)19)14-15(9)11(7)17/h5,14H,3-4H2,1-2H3,(H,18,19). The minimum Gasteiger partial charge on any atom is -0.477 e. The van der Waals surface area contributed by atoms with Gasteiger partial charge in [-0.05, 0) is 13.8 Å². The lowest BCUT2D eigenvalue weighted by atomic mass is 10.2. The minimum absolute atomic E-state index is 0.151. The second-order valence-electron chi connectivity index (χ2n) is 4.13. The van der Waals surface area contributed by atoms with Gasteiger partial charge in [-0.15, -0.1) is 0 Å². The van der Waals surface area contributed by atoms with Gasteiger partial charge in [0.25, 0.3) is 5.56 Å². The van der Waals surface area contributed by atoms with E-state index in [0.29, 0.717) is 5.69 Å². The first-order valence-corrected chi connectivity index (χ1v) is 5.94. The van der Waals surface area contributed by atoms with E-state index >= 15 is 0 Å². The van der Waals surface area contributed by atoms with Crippen LogP contribution >= 0.6 is 0 Å². The van der Waals surface area contributed by atoms with Crippen molar-refractivity contribution in [3.8, 4) is 0 Å². The normalized spacial score (nSPS) is 10.7. The smallest absolute Gasteiger partial charge is 0.353 e. The Morgan fingerprint density at radius 3 is 2.80 bits per heavy atom. The van der Waals surface area contributed by atoms with E-state index in [2.05, 4.69) is 10.1 Å². The van der Waals surface area contributed by atoms with E-state index in [1.807, 2.05) is 0 Å². The predicted molar refractivity (Wildman–Crippen MR) is 67.8 cm³/mol. The number of hydrogen-bond acceptors (Lipinski definition) is 5. The largest absolute Gasteiger partial charge is 0.477 e. The number of ether oxygens (including phenoxy) is 1. The van der Waals surface area contributed by atoms with Crippen molar-refractivity contribution < 1.29 is 19.4 Å². The SMILES string of the molecule is CCOC(=O)Cc1c(C)nc2cc(C(=O)O)[nH]n2c1=O. The number of hydrogen-bond donors (Lipinski definition) is 2. The molecule has 2 rings (SSSR count). The number of rotatable bonds is 4. The lowest BCUT2D eigenvalue weighted by molar-refractivity contribution is -0.142. The maximum atomic E-state index is 12.2. The van der Waals surface area contributed by atoms with E-state index < -0.39 is 17.5 Å². The highest BCUT2D eigenvalue weighted by Crippen LogP contribution is 2.07. The van der Waals surface area contributed by atoms with Gasteiger partial charge in [0.05, 0.1) is 18.6 Å². The van der Waals surface area contributed by atoms with Gasteiger partial charge in [0.1, 0.15) is 5.69 Å². The molecule has 0 aliphatic rings. The molecule has 0 aromatic carbocycles. The van der Waals surface area contributed by atoms with E-state index in [4.69, 9.17) is 9.84 Å². The second kappa shape index (κ2) is 5.16. The van der Waals surface area contributed by atoms with Crippen LogP contribution in [0, 0.1) is 6.92 Å². The van der Waals surface area contributed by atoms with Gasteiger partial charge in [-0.3, -0.25) is 14.7 Å². The van der Waals surface area contributed by atoms with Crippen LogP contribution in [0.2, 0.25) is 0 Å². The van der Waals surface area contributed by atoms with Crippen molar-refractivity contribution in [2.24, 2.45) is 0 Å². The van der Waals surface area contributed by atoms with Gasteiger partial charge < -0.3 is 9.84 Å². The molecule has 0 spiro atoms. The number of nitrogens with one attached hydrogen (secondary N) is 1. The lowest BCUT2D eigenvalue weighted by Crippen LogP contribution is -2.25. The van der Waals surface area contributed by atoms with Gasteiger partial charge in [-0.25, -0.2) is 14.3 Å². The van der Waals surface area contributed by atoms with Crippen molar-refractivity contribution in [1.29, 1.82) is 0 Å². The maximum Gasteiger partial charge on any atom is 0.353 e. The summed E-state index contributed by atoms with van der Waals surface area (Å²) in [5.74, 6) is -1.72. The highest BCUT2D eigenvalue weighted by atomic mass is 16.5. The van der Waals surface area contributed by atoms with Crippen LogP contribution in [0.25, 0.3) is 5.65 Å². The number of esters is 1. The summed E-state index contributed by atoms with van der Waals surface area (Å²) in [4.78, 5) is 38.7. The highest BCUT2D eigenvalue weighted by molar-refractivity contribution is 5.86. The molecule has 2 aromatic rings. The van der Waals surface area contributed by atoms with Crippen LogP contribution in [0.3, 0.4) is 0 Å². The van der Waals surface area contributed by atoms with E-state index in [9.17, 15) is 14.4 Å². The molecule has 0 unspecified atom stereocenters. The molecule has 0 saturated carbocycles. The Balaban J connectivity index is 2.53. The fourth-order valence-electron chi connectivity index (χ4n) is 1.84. The molecule has 0 amide bonds. The number of carbonyl (C=O) groups is 2. The molecule has 20 heavy (non-hydrogen) atoms. The van der Waals surface area contributed by atoms with Crippen molar-refractivity contribution in [3.63, 3.8) is 0 Å². The quantitative estimate of drug-likeness (QED) is 0.769. The Morgan fingerprint density at radius 2 is 2.20 bits per heavy atom. The van der Waals surface area contributed by atoms with Crippen LogP contribution in [-0.4, -0.2) is 38.3 Å². The summed E-state index contributed by atoms with van der Waals surface area (Å²) in [5, 5.41) is 11.3. The van der Waals surface area contributed by atoms with Crippen LogP contribution in [0.5, 0.6) is 0 Å². The molecule has 2 aromatic heterocycles. The Morgan fingerprint density at radius 1 is 1.50 bits per heavy atom. The fraction of sp³-hybridized carbons (Fsp3) is 0.333. The third-order valence-corrected chi connectivity index (χ3v) is 2.77. The summed E-state index contributed by atoms with van der Waals surface area (Å²) < 4.78 is 5.80. The Hall–Kier alpha value is -2.64. The van der Waals surface area contributed by atoms with Crippen molar-refractivity contribution in [2.45, 2.75) is 20.3 Å². The van der Waals surface area contributed by atoms with E-state index in [1.165, 1.54) is 6.07 Å². The third-order valence-electron chi connectivity index (χ3n) is 2.77. The second-order valence-corrected chi connectivity index (χ2v) is 4.13. The van der Waals surface area contributed by atoms with Gasteiger partial charge in [-0.2, -0.15) is 0 Å². The number of H-pyrrole nitrogens is 1. The zero-order valence-corrected chi connectivity index (χ0v) is 11.0. The first-order chi connectivity index (χ1) is 9.43. The number of nitrogens with zero attached hydrogens (tertiary/aromatic N) is 2. The van der Waals surface area contributed by atoms with Crippen molar-refractivity contribution in [2.75, 3.05) is 6.61 Å². The highest BCUT2D eigenvalue weighted by Gasteiger charge is 2.17. The first-order valence-electron chi connectivity index (χ1n) is 5.94. The molecule has 2 N–H and O–H groups in total. The first kappa shape index (κ1) is 13.8. The van der Waals surface area contributed by atoms with E-state index in [1.54, 1.807) is 13.8 Å². The Bertz CT molecular complexity index is 743. The zero-order chi connectivity index (χ0) is 14.9. The summed E-state index contributed by atoms with van der Waals surface area (Å²) >= 11 is 0. The molecule has 0 saturated heterocycles. The molecular formula is C12H13N3O5. The summed E-state index contributed by atoms with van der Waals surface area (Å²) in [6, 6.07) is 1.25. The van der Waals surface area contributed by atoms with Crippen molar-refractivity contribution in [3.05, 3.63) is 33.4 Å². The van der Waals surface area contributed by atoms with Crippen LogP contribution in [0.15, 0.2) is 10.9 Å². The molecule has 0 radical (unpaired) electrons. The zero-order valence-electron chi connectivity index (χ0n) is 11.0. The van der Waals surface area contributed by atoms with Crippen molar-refractivity contribution >= 4 is 17.6 Å². The van der Waals surface area contributed by atoms with E-state index in [-0.39, 0.29) is 29.9 Å². The van der Waals surface area contributed by atoms with Crippen LogP contribution in [0.4, 0.5) is 0 Å². The van der Waals surface area contributed by atoms with E-state index in [0.717, 1.165) is 4.52 Å². The summed E-state index contributed by atoms with van der Waals surface area (Å²) in [7, 11) is 0. The monoisotopic (exact) mass is 279 g/mol. The summed E-state index contributed by atoms with van der Waals surface area (Å²) in [5.41, 5.74) is 0.0894. The average Bonchev–Trinajstić information content (AvgIpc) is 2.79. The molecule has 0 atom stereocenters. The number of fused-ring (bicyclic) bond motifs is 1. The molecule has 0 aliphatic heterocycles. The number of aromatic nitrogens is 3. The average molecular weight is 279 g/mol.